The lowest BCUT2D eigenvalue weighted by Gasteiger charge is -2.18. The van der Waals surface area contributed by atoms with E-state index < -0.39 is 23.9 Å². The molecule has 0 heterocycles. The Kier molecular flexibility index (Phi) is 4.41. The fourth-order valence-corrected chi connectivity index (χ4v) is 3.42. The molecule has 0 bridgehead atoms. The van der Waals surface area contributed by atoms with Crippen LogP contribution in [0.2, 0.25) is 0 Å². The first kappa shape index (κ1) is 17.6. The molecule has 3 rings (SSSR count). The molecule has 1 aliphatic carbocycles. The van der Waals surface area contributed by atoms with E-state index in [-0.39, 0.29) is 28.2 Å². The summed E-state index contributed by atoms with van der Waals surface area (Å²) in [5.41, 5.74) is -0.357. The smallest absolute Gasteiger partial charge is 0.307 e. The van der Waals surface area contributed by atoms with Crippen LogP contribution in [0.1, 0.15) is 28.9 Å². The van der Waals surface area contributed by atoms with Crippen molar-refractivity contribution >= 4 is 11.8 Å². The Morgan fingerprint density at radius 2 is 1.84 bits per heavy atom. The third-order valence-electron chi connectivity index (χ3n) is 3.93. The molecule has 0 amide bonds. The van der Waals surface area contributed by atoms with Gasteiger partial charge in [0.25, 0.3) is 0 Å². The van der Waals surface area contributed by atoms with Crippen molar-refractivity contribution < 1.29 is 28.1 Å². The van der Waals surface area contributed by atoms with E-state index in [2.05, 4.69) is 0 Å². The third-order valence-corrected chi connectivity index (χ3v) is 4.73. The van der Waals surface area contributed by atoms with E-state index in [1.165, 1.54) is 18.2 Å². The number of fused-ring (bicyclic) bond motifs is 1. The standard InChI is InChI=1S/C17H12F3NO3S/c1-25-12-3-2-11(13-14(12)16(23)17(19,20)15(13)22)24-10-5-8(7-21)4-9(18)6-10/h2-6,15-16,22-23H,1H3. The van der Waals surface area contributed by atoms with Crippen LogP contribution in [0.4, 0.5) is 13.2 Å². The number of benzene rings is 2. The largest absolute Gasteiger partial charge is 0.457 e. The summed E-state index contributed by atoms with van der Waals surface area (Å²) < 4.78 is 47.1. The van der Waals surface area contributed by atoms with Gasteiger partial charge < -0.3 is 14.9 Å². The number of rotatable bonds is 3. The van der Waals surface area contributed by atoms with Crippen LogP contribution in [0, 0.1) is 17.1 Å². The van der Waals surface area contributed by atoms with Crippen molar-refractivity contribution in [3.63, 3.8) is 0 Å². The first-order chi connectivity index (χ1) is 11.8. The summed E-state index contributed by atoms with van der Waals surface area (Å²) in [4.78, 5) is 0.378. The quantitative estimate of drug-likeness (QED) is 0.805. The van der Waals surface area contributed by atoms with Crippen molar-refractivity contribution in [2.24, 2.45) is 0 Å². The zero-order valence-corrected chi connectivity index (χ0v) is 13.6. The van der Waals surface area contributed by atoms with Crippen molar-refractivity contribution in [3.8, 4) is 17.6 Å². The minimum Gasteiger partial charge on any atom is -0.457 e. The monoisotopic (exact) mass is 367 g/mol. The molecule has 4 nitrogen and oxygen atoms in total. The number of ether oxygens (including phenoxy) is 1. The molecule has 0 fully saturated rings. The summed E-state index contributed by atoms with van der Waals surface area (Å²) in [5.74, 6) is -4.71. The number of halogens is 3. The van der Waals surface area contributed by atoms with Gasteiger partial charge in [0.05, 0.1) is 11.6 Å². The van der Waals surface area contributed by atoms with E-state index in [0.29, 0.717) is 4.90 Å². The summed E-state index contributed by atoms with van der Waals surface area (Å²) in [6.45, 7) is 0. The van der Waals surface area contributed by atoms with E-state index in [1.54, 1.807) is 12.3 Å². The van der Waals surface area contributed by atoms with Gasteiger partial charge in [-0.2, -0.15) is 5.26 Å². The summed E-state index contributed by atoms with van der Waals surface area (Å²) >= 11 is 1.14. The van der Waals surface area contributed by atoms with Gasteiger partial charge in [0.15, 0.2) is 0 Å². The number of alkyl halides is 2. The van der Waals surface area contributed by atoms with Gasteiger partial charge in [0.1, 0.15) is 29.5 Å². The van der Waals surface area contributed by atoms with Crippen molar-refractivity contribution in [1.29, 1.82) is 5.26 Å². The van der Waals surface area contributed by atoms with Crippen LogP contribution >= 0.6 is 11.8 Å². The zero-order valence-electron chi connectivity index (χ0n) is 12.8. The van der Waals surface area contributed by atoms with Gasteiger partial charge in [-0.25, -0.2) is 13.2 Å². The molecule has 0 saturated carbocycles. The van der Waals surface area contributed by atoms with Crippen LogP contribution in [0.15, 0.2) is 35.2 Å². The predicted octanol–water partition coefficient (Wildman–Crippen LogP) is 3.93. The topological polar surface area (TPSA) is 73.5 Å². The molecule has 2 atom stereocenters. The van der Waals surface area contributed by atoms with E-state index in [0.717, 1.165) is 23.9 Å². The molecule has 0 aliphatic heterocycles. The summed E-state index contributed by atoms with van der Waals surface area (Å²) in [6.07, 6.45) is -2.79. The van der Waals surface area contributed by atoms with Crippen molar-refractivity contribution in [3.05, 3.63) is 52.8 Å². The van der Waals surface area contributed by atoms with Crippen LogP contribution in [-0.2, 0) is 0 Å². The van der Waals surface area contributed by atoms with E-state index in [4.69, 9.17) is 10.00 Å². The molecule has 2 aromatic rings. The normalized spacial score (nSPS) is 20.8. The predicted molar refractivity (Wildman–Crippen MR) is 84.3 cm³/mol. The van der Waals surface area contributed by atoms with E-state index in [9.17, 15) is 23.4 Å². The Morgan fingerprint density at radius 1 is 1.16 bits per heavy atom. The van der Waals surface area contributed by atoms with Crippen LogP contribution in [-0.4, -0.2) is 22.4 Å². The highest BCUT2D eigenvalue weighted by Gasteiger charge is 2.56. The molecule has 8 heteroatoms. The Bertz CT molecular complexity index is 882. The number of aliphatic hydroxyl groups excluding tert-OH is 2. The molecule has 1 aliphatic rings. The summed E-state index contributed by atoms with van der Waals surface area (Å²) in [6, 6.07) is 7.83. The first-order valence-electron chi connectivity index (χ1n) is 7.13. The highest BCUT2D eigenvalue weighted by atomic mass is 32.2. The third kappa shape index (κ3) is 2.84. The molecular weight excluding hydrogens is 355 g/mol. The van der Waals surface area contributed by atoms with Crippen LogP contribution in [0.25, 0.3) is 0 Å². The fraction of sp³-hybridized carbons (Fsp3) is 0.235. The average Bonchev–Trinajstić information content (AvgIpc) is 2.76. The van der Waals surface area contributed by atoms with Crippen LogP contribution < -0.4 is 4.74 Å². The Morgan fingerprint density at radius 3 is 2.48 bits per heavy atom. The van der Waals surface area contributed by atoms with Gasteiger partial charge in [0, 0.05) is 22.1 Å². The fourth-order valence-electron chi connectivity index (χ4n) is 2.78. The van der Waals surface area contributed by atoms with E-state index in [1.807, 2.05) is 0 Å². The maximum Gasteiger partial charge on any atom is 0.307 e. The number of aliphatic hydroxyl groups is 2. The number of nitrogens with zero attached hydrogens (tertiary/aromatic N) is 1. The van der Waals surface area contributed by atoms with Gasteiger partial charge in [-0.3, -0.25) is 0 Å². The van der Waals surface area contributed by atoms with Crippen LogP contribution in [0.5, 0.6) is 11.5 Å². The van der Waals surface area contributed by atoms with Gasteiger partial charge in [-0.15, -0.1) is 11.8 Å². The molecule has 0 saturated heterocycles. The molecule has 130 valence electrons. The molecule has 0 aromatic heterocycles. The highest BCUT2D eigenvalue weighted by Crippen LogP contribution is 2.56. The zero-order chi connectivity index (χ0) is 18.4. The molecule has 2 unspecified atom stereocenters. The number of nitriles is 1. The SMILES string of the molecule is CSc1ccc(Oc2cc(F)cc(C#N)c2)c2c1C(O)C(F)(F)C2O. The Balaban J connectivity index is 2.12. The molecule has 25 heavy (non-hydrogen) atoms. The molecular formula is C17H12F3NO3S. The van der Waals surface area contributed by atoms with Crippen LogP contribution in [0.3, 0.4) is 0 Å². The lowest BCUT2D eigenvalue weighted by Crippen LogP contribution is -2.26. The summed E-state index contributed by atoms with van der Waals surface area (Å²) in [7, 11) is 0. The number of thioether (sulfide) groups is 1. The lowest BCUT2D eigenvalue weighted by atomic mass is 10.1. The van der Waals surface area contributed by atoms with Gasteiger partial charge in [-0.1, -0.05) is 0 Å². The molecule has 0 spiro atoms. The van der Waals surface area contributed by atoms with Crippen molar-refractivity contribution in [2.45, 2.75) is 23.0 Å². The highest BCUT2D eigenvalue weighted by molar-refractivity contribution is 7.98. The lowest BCUT2D eigenvalue weighted by molar-refractivity contribution is -0.166. The van der Waals surface area contributed by atoms with Gasteiger partial charge >= 0.3 is 5.92 Å². The van der Waals surface area contributed by atoms with Gasteiger partial charge in [-0.05, 0) is 30.5 Å². The van der Waals surface area contributed by atoms with Crippen molar-refractivity contribution in [2.75, 3.05) is 6.26 Å². The summed E-state index contributed by atoms with van der Waals surface area (Å²) in [5, 5.41) is 28.8. The minimum atomic E-state index is -3.77. The molecule has 0 radical (unpaired) electrons. The maximum absolute atomic E-state index is 14.1. The maximum atomic E-state index is 14.1. The van der Waals surface area contributed by atoms with E-state index >= 15 is 0 Å². The Hall–Kier alpha value is -2.21. The van der Waals surface area contributed by atoms with Crippen molar-refractivity contribution in [1.82, 2.24) is 0 Å². The Labute approximate surface area is 145 Å². The first-order valence-corrected chi connectivity index (χ1v) is 8.35. The molecule has 2 N–H and O–H groups in total. The number of hydrogen-bond donors (Lipinski definition) is 2. The molecule has 2 aromatic carbocycles. The average molecular weight is 367 g/mol. The van der Waals surface area contributed by atoms with Gasteiger partial charge in [0.2, 0.25) is 0 Å². The second-order valence-corrected chi connectivity index (χ2v) is 6.31. The second-order valence-electron chi connectivity index (χ2n) is 5.46. The number of hydrogen-bond acceptors (Lipinski definition) is 5. The second kappa shape index (κ2) is 6.26. The minimum absolute atomic E-state index is 0.00158.